The van der Waals surface area contributed by atoms with Crippen molar-refractivity contribution in [3.05, 3.63) is 23.2 Å². The molecule has 6 heteroatoms. The van der Waals surface area contributed by atoms with E-state index in [-0.39, 0.29) is 5.91 Å². The SMILES string of the molecule is CCC1CN(C(=O)c2cnc(Cl)cn2)CCN1C. The van der Waals surface area contributed by atoms with E-state index >= 15 is 0 Å². The van der Waals surface area contributed by atoms with Crippen LogP contribution in [0.3, 0.4) is 0 Å². The number of carbonyl (C=O) groups excluding carboxylic acids is 1. The zero-order valence-corrected chi connectivity index (χ0v) is 11.4. The van der Waals surface area contributed by atoms with Gasteiger partial charge in [0, 0.05) is 25.7 Å². The zero-order chi connectivity index (χ0) is 13.1. The van der Waals surface area contributed by atoms with E-state index in [1.165, 1.54) is 12.4 Å². The second-order valence-electron chi connectivity index (χ2n) is 4.52. The van der Waals surface area contributed by atoms with Gasteiger partial charge in [0.15, 0.2) is 0 Å². The minimum atomic E-state index is -0.0642. The molecular weight excluding hydrogens is 252 g/mol. The van der Waals surface area contributed by atoms with Gasteiger partial charge in [-0.2, -0.15) is 0 Å². The summed E-state index contributed by atoms with van der Waals surface area (Å²) in [4.78, 5) is 24.3. The molecule has 1 aliphatic rings. The summed E-state index contributed by atoms with van der Waals surface area (Å²) in [5.41, 5.74) is 0.360. The molecule has 0 bridgehead atoms. The summed E-state index contributed by atoms with van der Waals surface area (Å²) < 4.78 is 0. The lowest BCUT2D eigenvalue weighted by molar-refractivity contribution is 0.0536. The van der Waals surface area contributed by atoms with Crippen molar-refractivity contribution in [2.45, 2.75) is 19.4 Å². The minimum absolute atomic E-state index is 0.0642. The van der Waals surface area contributed by atoms with Crippen molar-refractivity contribution in [3.8, 4) is 0 Å². The molecule has 1 fully saturated rings. The maximum Gasteiger partial charge on any atom is 0.274 e. The molecular formula is C12H17ClN4O. The molecule has 0 saturated carbocycles. The van der Waals surface area contributed by atoms with Crippen LogP contribution in [0.15, 0.2) is 12.4 Å². The van der Waals surface area contributed by atoms with E-state index in [1.54, 1.807) is 0 Å². The quantitative estimate of drug-likeness (QED) is 0.811. The van der Waals surface area contributed by atoms with Crippen molar-refractivity contribution < 1.29 is 4.79 Å². The van der Waals surface area contributed by atoms with E-state index in [4.69, 9.17) is 11.6 Å². The molecule has 1 amide bonds. The van der Waals surface area contributed by atoms with E-state index < -0.39 is 0 Å². The summed E-state index contributed by atoms with van der Waals surface area (Å²) in [6.45, 7) is 4.51. The lowest BCUT2D eigenvalue weighted by atomic mass is 10.1. The van der Waals surface area contributed by atoms with Crippen LogP contribution in [0.5, 0.6) is 0 Å². The molecule has 0 aromatic carbocycles. The number of halogens is 1. The predicted octanol–water partition coefficient (Wildman–Crippen LogP) is 1.30. The molecule has 2 heterocycles. The first-order valence-corrected chi connectivity index (χ1v) is 6.46. The van der Waals surface area contributed by atoms with Crippen molar-refractivity contribution in [2.75, 3.05) is 26.7 Å². The molecule has 1 aliphatic heterocycles. The minimum Gasteiger partial charge on any atom is -0.334 e. The lowest BCUT2D eigenvalue weighted by Crippen LogP contribution is -2.53. The Morgan fingerprint density at radius 2 is 2.22 bits per heavy atom. The summed E-state index contributed by atoms with van der Waals surface area (Å²) in [5, 5.41) is 0.302. The highest BCUT2D eigenvalue weighted by Gasteiger charge is 2.27. The summed E-state index contributed by atoms with van der Waals surface area (Å²) in [7, 11) is 2.10. The molecule has 1 aromatic heterocycles. The Kier molecular flexibility index (Phi) is 4.14. The second kappa shape index (κ2) is 5.63. The van der Waals surface area contributed by atoms with E-state index in [0.29, 0.717) is 16.9 Å². The molecule has 5 nitrogen and oxygen atoms in total. The topological polar surface area (TPSA) is 49.3 Å². The van der Waals surface area contributed by atoms with Crippen LogP contribution in [0, 0.1) is 0 Å². The van der Waals surface area contributed by atoms with Gasteiger partial charge in [-0.25, -0.2) is 9.97 Å². The van der Waals surface area contributed by atoms with Gasteiger partial charge in [-0.1, -0.05) is 18.5 Å². The van der Waals surface area contributed by atoms with Crippen LogP contribution in [0.1, 0.15) is 23.8 Å². The highest BCUT2D eigenvalue weighted by molar-refractivity contribution is 6.29. The molecule has 1 saturated heterocycles. The standard InChI is InChI=1S/C12H17ClN4O/c1-3-9-8-17(5-4-16(9)2)12(18)10-6-15-11(13)7-14-10/h6-7,9H,3-5,8H2,1-2H3. The summed E-state index contributed by atoms with van der Waals surface area (Å²) in [5.74, 6) is -0.0642. The number of rotatable bonds is 2. The first-order valence-electron chi connectivity index (χ1n) is 6.09. The number of likely N-dealkylation sites (N-methyl/N-ethyl adjacent to an activating group) is 1. The molecule has 0 radical (unpaired) electrons. The van der Waals surface area contributed by atoms with Crippen LogP contribution >= 0.6 is 11.6 Å². The lowest BCUT2D eigenvalue weighted by Gasteiger charge is -2.38. The first-order chi connectivity index (χ1) is 8.61. The van der Waals surface area contributed by atoms with Gasteiger partial charge in [0.1, 0.15) is 10.8 Å². The van der Waals surface area contributed by atoms with Gasteiger partial charge in [0.05, 0.1) is 12.4 Å². The highest BCUT2D eigenvalue weighted by Crippen LogP contribution is 2.13. The number of hydrogen-bond acceptors (Lipinski definition) is 4. The third-order valence-corrected chi connectivity index (χ3v) is 3.57. The molecule has 18 heavy (non-hydrogen) atoms. The van der Waals surface area contributed by atoms with Crippen molar-refractivity contribution in [1.82, 2.24) is 19.8 Å². The number of hydrogen-bond donors (Lipinski definition) is 0. The van der Waals surface area contributed by atoms with Crippen LogP contribution in [-0.2, 0) is 0 Å². The fourth-order valence-electron chi connectivity index (χ4n) is 2.16. The van der Waals surface area contributed by atoms with Crippen LogP contribution in [0.2, 0.25) is 5.15 Å². The molecule has 1 aromatic rings. The molecule has 2 rings (SSSR count). The van der Waals surface area contributed by atoms with Gasteiger partial charge >= 0.3 is 0 Å². The molecule has 0 aliphatic carbocycles. The Morgan fingerprint density at radius 3 is 2.83 bits per heavy atom. The number of piperazine rings is 1. The van der Waals surface area contributed by atoms with Crippen molar-refractivity contribution in [3.63, 3.8) is 0 Å². The third kappa shape index (κ3) is 2.79. The summed E-state index contributed by atoms with van der Waals surface area (Å²) >= 11 is 5.66. The number of carbonyl (C=O) groups is 1. The Hall–Kier alpha value is -1.20. The molecule has 0 N–H and O–H groups in total. The smallest absolute Gasteiger partial charge is 0.274 e. The van der Waals surface area contributed by atoms with Crippen molar-refractivity contribution >= 4 is 17.5 Å². The van der Waals surface area contributed by atoms with Crippen molar-refractivity contribution in [2.24, 2.45) is 0 Å². The summed E-state index contributed by atoms with van der Waals surface area (Å²) in [6.07, 6.45) is 3.87. The van der Waals surface area contributed by atoms with Crippen LogP contribution in [0.25, 0.3) is 0 Å². The van der Waals surface area contributed by atoms with Crippen LogP contribution in [-0.4, -0.2) is 58.4 Å². The second-order valence-corrected chi connectivity index (χ2v) is 4.91. The maximum atomic E-state index is 12.2. The number of nitrogens with zero attached hydrogens (tertiary/aromatic N) is 4. The maximum absolute atomic E-state index is 12.2. The van der Waals surface area contributed by atoms with E-state index in [2.05, 4.69) is 28.8 Å². The van der Waals surface area contributed by atoms with E-state index in [1.807, 2.05) is 4.90 Å². The monoisotopic (exact) mass is 268 g/mol. The van der Waals surface area contributed by atoms with Gasteiger partial charge in [-0.15, -0.1) is 0 Å². The van der Waals surface area contributed by atoms with Crippen molar-refractivity contribution in [1.29, 1.82) is 0 Å². The largest absolute Gasteiger partial charge is 0.334 e. The van der Waals surface area contributed by atoms with Gasteiger partial charge in [0.2, 0.25) is 0 Å². The normalized spacial score (nSPS) is 21.1. The first kappa shape index (κ1) is 13.2. The Morgan fingerprint density at radius 1 is 1.44 bits per heavy atom. The molecule has 1 unspecified atom stereocenters. The van der Waals surface area contributed by atoms with Gasteiger partial charge in [-0.3, -0.25) is 9.69 Å². The average Bonchev–Trinajstić information content (AvgIpc) is 2.39. The third-order valence-electron chi connectivity index (χ3n) is 3.38. The average molecular weight is 269 g/mol. The van der Waals surface area contributed by atoms with Gasteiger partial charge < -0.3 is 4.90 Å². The highest BCUT2D eigenvalue weighted by atomic mass is 35.5. The fraction of sp³-hybridized carbons (Fsp3) is 0.583. The Bertz CT molecular complexity index is 423. The number of aromatic nitrogens is 2. The Labute approximate surface area is 112 Å². The fourth-order valence-corrected chi connectivity index (χ4v) is 2.25. The van der Waals surface area contributed by atoms with E-state index in [0.717, 1.165) is 26.1 Å². The van der Waals surface area contributed by atoms with Gasteiger partial charge in [0.25, 0.3) is 5.91 Å². The molecule has 98 valence electrons. The Balaban J connectivity index is 2.07. The predicted molar refractivity (Wildman–Crippen MR) is 69.7 cm³/mol. The number of amides is 1. The van der Waals surface area contributed by atoms with Crippen LogP contribution < -0.4 is 0 Å². The van der Waals surface area contributed by atoms with Crippen LogP contribution in [0.4, 0.5) is 0 Å². The molecule has 1 atom stereocenters. The zero-order valence-electron chi connectivity index (χ0n) is 10.6. The van der Waals surface area contributed by atoms with E-state index in [9.17, 15) is 4.79 Å². The van der Waals surface area contributed by atoms with Gasteiger partial charge in [-0.05, 0) is 13.5 Å². The summed E-state index contributed by atoms with van der Waals surface area (Å²) in [6, 6.07) is 0.419. The molecule has 0 spiro atoms.